The Hall–Kier alpha value is -2.25. The van der Waals surface area contributed by atoms with Crippen molar-refractivity contribution in [2.75, 3.05) is 19.5 Å². The average molecular weight is 466 g/mol. The fourth-order valence-corrected chi connectivity index (χ4v) is 5.02. The molecule has 1 unspecified atom stereocenters. The molecule has 0 amide bonds. The molecule has 2 rings (SSSR count). The number of hydrogen-bond acceptors (Lipinski definition) is 7. The highest BCUT2D eigenvalue weighted by Gasteiger charge is 2.27. The lowest BCUT2D eigenvalue weighted by Gasteiger charge is -2.19. The van der Waals surface area contributed by atoms with Crippen LogP contribution in [0.3, 0.4) is 0 Å². The summed E-state index contributed by atoms with van der Waals surface area (Å²) in [6.07, 6.45) is 0.372. The van der Waals surface area contributed by atoms with E-state index in [1.807, 2.05) is 0 Å². The minimum absolute atomic E-state index is 0.173. The molecule has 7 nitrogen and oxygen atoms in total. The summed E-state index contributed by atoms with van der Waals surface area (Å²) in [6.45, 7) is 9.47. The van der Waals surface area contributed by atoms with Gasteiger partial charge < -0.3 is 13.8 Å². The van der Waals surface area contributed by atoms with E-state index in [1.54, 1.807) is 32.9 Å². The molecule has 0 saturated heterocycles. The molecule has 2 aromatic rings. The summed E-state index contributed by atoms with van der Waals surface area (Å²) in [5.74, 6) is -0.602. The van der Waals surface area contributed by atoms with Crippen molar-refractivity contribution in [1.82, 2.24) is 0 Å². The molecule has 9 heteroatoms. The van der Waals surface area contributed by atoms with Crippen LogP contribution in [0.25, 0.3) is 0 Å². The van der Waals surface area contributed by atoms with Crippen LogP contribution in [0.2, 0.25) is 0 Å². The van der Waals surface area contributed by atoms with Gasteiger partial charge in [0.2, 0.25) is 0 Å². The zero-order chi connectivity index (χ0) is 23.2. The molecule has 168 valence electrons. The summed E-state index contributed by atoms with van der Waals surface area (Å²) in [4.78, 5) is 12.9. The van der Waals surface area contributed by atoms with Crippen molar-refractivity contribution in [2.45, 2.75) is 31.8 Å². The normalized spacial score (nSPS) is 12.9. The predicted octanol–water partition coefficient (Wildman–Crippen LogP) is 4.46. The molecule has 0 aliphatic rings. The summed E-state index contributed by atoms with van der Waals surface area (Å²) in [6, 6.07) is 12.1. The van der Waals surface area contributed by atoms with Crippen LogP contribution in [-0.2, 0) is 28.2 Å². The minimum Gasteiger partial charge on any atom is -0.449 e. The first kappa shape index (κ1) is 25.0. The van der Waals surface area contributed by atoms with Crippen LogP contribution in [0, 0.1) is 0 Å². The van der Waals surface area contributed by atoms with Gasteiger partial charge in [-0.2, -0.15) is 0 Å². The second-order valence-electron chi connectivity index (χ2n) is 6.85. The van der Waals surface area contributed by atoms with E-state index in [1.165, 1.54) is 36.4 Å². The number of carbonyl (C=O) groups excluding carboxylic acids is 1. The van der Waals surface area contributed by atoms with Crippen molar-refractivity contribution < 1.29 is 31.6 Å². The van der Waals surface area contributed by atoms with E-state index < -0.39 is 29.5 Å². The minimum atomic E-state index is -3.45. The van der Waals surface area contributed by atoms with Crippen molar-refractivity contribution in [1.29, 1.82) is 0 Å². The highest BCUT2D eigenvalue weighted by molar-refractivity contribution is 7.90. The number of hydrogen-bond donors (Lipinski definition) is 0. The Kier molecular flexibility index (Phi) is 8.37. The SMILES string of the molecule is C=C(C)C(OC(=O)c1ccc(P(=O)(OCC)OCC)cc1)c1ccc(S(C)(=O)=O)cc1. The first-order valence-electron chi connectivity index (χ1n) is 9.68. The van der Waals surface area contributed by atoms with Crippen molar-refractivity contribution in [3.8, 4) is 0 Å². The summed E-state index contributed by atoms with van der Waals surface area (Å²) < 4.78 is 52.4. The smallest absolute Gasteiger partial charge is 0.361 e. The van der Waals surface area contributed by atoms with Gasteiger partial charge in [-0.1, -0.05) is 18.7 Å². The van der Waals surface area contributed by atoms with Crippen LogP contribution in [0.1, 0.15) is 42.8 Å². The second kappa shape index (κ2) is 10.4. The largest absolute Gasteiger partial charge is 0.449 e. The van der Waals surface area contributed by atoms with Gasteiger partial charge >= 0.3 is 13.6 Å². The van der Waals surface area contributed by atoms with Gasteiger partial charge in [-0.3, -0.25) is 4.57 Å². The van der Waals surface area contributed by atoms with Crippen LogP contribution < -0.4 is 5.30 Å². The van der Waals surface area contributed by atoms with Gasteiger partial charge in [-0.25, -0.2) is 13.2 Å². The Morgan fingerprint density at radius 1 is 1.00 bits per heavy atom. The lowest BCUT2D eigenvalue weighted by Crippen LogP contribution is -2.15. The Labute approximate surface area is 183 Å². The Bertz CT molecular complexity index is 1060. The van der Waals surface area contributed by atoms with Gasteiger partial charge in [0.25, 0.3) is 0 Å². The van der Waals surface area contributed by atoms with Gasteiger partial charge in [-0.15, -0.1) is 0 Å². The molecule has 0 aromatic heterocycles. The number of rotatable bonds is 10. The molecule has 0 aliphatic carbocycles. The third-order valence-corrected chi connectivity index (χ3v) is 7.56. The Morgan fingerprint density at radius 3 is 1.94 bits per heavy atom. The van der Waals surface area contributed by atoms with Gasteiger partial charge in [0.05, 0.1) is 29.0 Å². The van der Waals surface area contributed by atoms with Crippen LogP contribution in [0.15, 0.2) is 65.6 Å². The maximum atomic E-state index is 12.8. The molecule has 0 spiro atoms. The van der Waals surface area contributed by atoms with E-state index in [0.717, 1.165) is 6.26 Å². The summed E-state index contributed by atoms with van der Waals surface area (Å²) >= 11 is 0. The molecule has 0 heterocycles. The number of ether oxygens (including phenoxy) is 1. The highest BCUT2D eigenvalue weighted by atomic mass is 32.2. The van der Waals surface area contributed by atoms with E-state index in [9.17, 15) is 17.8 Å². The third-order valence-electron chi connectivity index (χ3n) is 4.30. The number of sulfone groups is 1. The van der Waals surface area contributed by atoms with Crippen molar-refractivity contribution in [2.24, 2.45) is 0 Å². The first-order chi connectivity index (χ1) is 14.5. The molecule has 1 atom stereocenters. The van der Waals surface area contributed by atoms with Crippen molar-refractivity contribution in [3.63, 3.8) is 0 Å². The zero-order valence-corrected chi connectivity index (χ0v) is 19.7. The van der Waals surface area contributed by atoms with Crippen LogP contribution in [0.5, 0.6) is 0 Å². The zero-order valence-electron chi connectivity index (χ0n) is 18.0. The van der Waals surface area contributed by atoms with Gasteiger partial charge in [0, 0.05) is 6.26 Å². The van der Waals surface area contributed by atoms with E-state index in [2.05, 4.69) is 6.58 Å². The van der Waals surface area contributed by atoms with Gasteiger partial charge in [0.15, 0.2) is 9.84 Å². The number of benzene rings is 2. The molecular weight excluding hydrogens is 439 g/mol. The highest BCUT2D eigenvalue weighted by Crippen LogP contribution is 2.46. The summed E-state index contributed by atoms with van der Waals surface area (Å²) in [5.41, 5.74) is 1.43. The average Bonchev–Trinajstić information content (AvgIpc) is 2.71. The van der Waals surface area contributed by atoms with Gasteiger partial charge in [0.1, 0.15) is 6.10 Å². The van der Waals surface area contributed by atoms with E-state index in [4.69, 9.17) is 13.8 Å². The predicted molar refractivity (Wildman–Crippen MR) is 119 cm³/mol. The fourth-order valence-electron chi connectivity index (χ4n) is 2.82. The van der Waals surface area contributed by atoms with Crippen molar-refractivity contribution >= 4 is 28.7 Å². The number of carbonyl (C=O) groups is 1. The molecule has 0 radical (unpaired) electrons. The molecule has 0 N–H and O–H groups in total. The molecular formula is C22H27O7PS. The first-order valence-corrected chi connectivity index (χ1v) is 13.1. The number of esters is 1. The van der Waals surface area contributed by atoms with Crippen LogP contribution in [-0.4, -0.2) is 33.9 Å². The standard InChI is InChI=1S/C22H27O7PS/c1-6-27-30(24,28-7-2)19-12-8-18(9-13-19)22(23)29-21(16(3)4)17-10-14-20(15-11-17)31(5,25)26/h8-15,21H,3,6-7H2,1-2,4-5H3. The summed E-state index contributed by atoms with van der Waals surface area (Å²) in [5, 5.41) is 0.348. The second-order valence-corrected chi connectivity index (χ2v) is 10.9. The van der Waals surface area contributed by atoms with E-state index in [-0.39, 0.29) is 23.7 Å². The molecule has 0 bridgehead atoms. The fraction of sp³-hybridized carbons (Fsp3) is 0.318. The maximum absolute atomic E-state index is 12.8. The lowest BCUT2D eigenvalue weighted by atomic mass is 10.0. The molecule has 0 aliphatic heterocycles. The lowest BCUT2D eigenvalue weighted by molar-refractivity contribution is 0.0371. The van der Waals surface area contributed by atoms with Gasteiger partial charge in [-0.05, 0) is 68.3 Å². The molecule has 0 saturated carbocycles. The van der Waals surface area contributed by atoms with Crippen LogP contribution >= 0.6 is 7.60 Å². The third kappa shape index (κ3) is 6.37. The summed E-state index contributed by atoms with van der Waals surface area (Å²) in [7, 11) is -6.78. The van der Waals surface area contributed by atoms with Crippen LogP contribution in [0.4, 0.5) is 0 Å². The maximum Gasteiger partial charge on any atom is 0.361 e. The van der Waals surface area contributed by atoms with E-state index >= 15 is 0 Å². The monoisotopic (exact) mass is 466 g/mol. The Morgan fingerprint density at radius 2 is 1.52 bits per heavy atom. The topological polar surface area (TPSA) is 96.0 Å². The molecule has 2 aromatic carbocycles. The molecule has 0 fully saturated rings. The van der Waals surface area contributed by atoms with E-state index in [0.29, 0.717) is 16.4 Å². The van der Waals surface area contributed by atoms with Crippen molar-refractivity contribution in [3.05, 3.63) is 71.8 Å². The quantitative estimate of drug-likeness (QED) is 0.290. The Balaban J connectivity index is 2.23. The molecule has 31 heavy (non-hydrogen) atoms.